The summed E-state index contributed by atoms with van der Waals surface area (Å²) < 4.78 is 0. The Morgan fingerprint density at radius 1 is 0.806 bits per heavy atom. The minimum Gasteiger partial charge on any atom is -0.358 e. The number of Topliss-reactive ketones (excluding diaryl/α,β-unsaturated/α-hetero) is 2. The average molecular weight is 497 g/mol. The predicted octanol–water partition coefficient (Wildman–Crippen LogP) is 4.94. The maximum absolute atomic E-state index is 13.9. The molecule has 3 aromatic rings. The van der Waals surface area contributed by atoms with E-state index in [1.807, 2.05) is 41.4 Å². The maximum Gasteiger partial charge on any atom is 0.240 e. The number of anilines is 1. The molecule has 0 saturated carbocycles. The van der Waals surface area contributed by atoms with Crippen molar-refractivity contribution in [3.05, 3.63) is 106 Å². The Morgan fingerprint density at radius 2 is 1.44 bits per heavy atom. The molecule has 0 bridgehead atoms. The summed E-state index contributed by atoms with van der Waals surface area (Å²) >= 11 is 6.03. The summed E-state index contributed by atoms with van der Waals surface area (Å²) in [6.07, 6.45) is 3.75. The first-order chi connectivity index (χ1) is 17.4. The minimum absolute atomic E-state index is 0.104. The number of carbonyl (C=O) groups is 4. The van der Waals surface area contributed by atoms with Crippen LogP contribution in [0.25, 0.3) is 6.08 Å². The van der Waals surface area contributed by atoms with E-state index < -0.39 is 29.8 Å². The van der Waals surface area contributed by atoms with E-state index >= 15 is 0 Å². The van der Waals surface area contributed by atoms with Crippen LogP contribution in [-0.2, 0) is 9.59 Å². The molecule has 4 atom stereocenters. The van der Waals surface area contributed by atoms with Crippen LogP contribution in [0.2, 0.25) is 5.02 Å². The Balaban J connectivity index is 1.47. The fourth-order valence-corrected chi connectivity index (χ4v) is 5.87. The second-order valence-corrected chi connectivity index (χ2v) is 9.76. The van der Waals surface area contributed by atoms with Gasteiger partial charge in [-0.3, -0.25) is 19.2 Å². The van der Waals surface area contributed by atoms with Crippen molar-refractivity contribution in [2.75, 3.05) is 4.90 Å². The van der Waals surface area contributed by atoms with Gasteiger partial charge in [0.15, 0.2) is 11.6 Å². The molecule has 0 aromatic heterocycles. The molecule has 7 heteroatoms. The highest BCUT2D eigenvalue weighted by Gasteiger charge is 2.64. The van der Waals surface area contributed by atoms with E-state index in [0.717, 1.165) is 11.1 Å². The lowest BCUT2D eigenvalue weighted by atomic mass is 9.83. The SMILES string of the molecule is CC(=O)c1ccc(N2C(=O)[C@@H]3[C@H](C2=O)C2c4ccccc4C=CN2[C@@H]3C(=O)c2ccc(Cl)cc2)cc1. The van der Waals surface area contributed by atoms with Gasteiger partial charge in [-0.05, 0) is 72.7 Å². The molecule has 3 aromatic carbocycles. The summed E-state index contributed by atoms with van der Waals surface area (Å²) in [5, 5.41) is 0.507. The highest BCUT2D eigenvalue weighted by Crippen LogP contribution is 2.53. The highest BCUT2D eigenvalue weighted by molar-refractivity contribution is 6.30. The summed E-state index contributed by atoms with van der Waals surface area (Å²) in [7, 11) is 0. The lowest BCUT2D eigenvalue weighted by Gasteiger charge is -2.35. The van der Waals surface area contributed by atoms with Crippen molar-refractivity contribution in [2.45, 2.75) is 19.0 Å². The van der Waals surface area contributed by atoms with Crippen LogP contribution in [0.4, 0.5) is 5.69 Å². The van der Waals surface area contributed by atoms with E-state index in [2.05, 4.69) is 0 Å². The number of benzene rings is 3. The lowest BCUT2D eigenvalue weighted by molar-refractivity contribution is -0.123. The van der Waals surface area contributed by atoms with Gasteiger partial charge in [0.2, 0.25) is 11.8 Å². The van der Waals surface area contributed by atoms with Crippen molar-refractivity contribution in [2.24, 2.45) is 11.8 Å². The second-order valence-electron chi connectivity index (χ2n) is 9.32. The van der Waals surface area contributed by atoms with Gasteiger partial charge < -0.3 is 4.90 Å². The molecule has 1 unspecified atom stereocenters. The van der Waals surface area contributed by atoms with E-state index in [1.165, 1.54) is 11.8 Å². The summed E-state index contributed by atoms with van der Waals surface area (Å²) in [6.45, 7) is 1.46. The smallest absolute Gasteiger partial charge is 0.240 e. The van der Waals surface area contributed by atoms with Crippen LogP contribution in [0.1, 0.15) is 44.8 Å². The van der Waals surface area contributed by atoms with E-state index in [-0.39, 0.29) is 17.5 Å². The van der Waals surface area contributed by atoms with Crippen LogP contribution in [-0.4, -0.2) is 34.3 Å². The number of imide groups is 1. The van der Waals surface area contributed by atoms with Crippen molar-refractivity contribution < 1.29 is 19.2 Å². The Bertz CT molecular complexity index is 1460. The molecule has 36 heavy (non-hydrogen) atoms. The van der Waals surface area contributed by atoms with Gasteiger partial charge in [0.1, 0.15) is 6.04 Å². The number of hydrogen-bond donors (Lipinski definition) is 0. The number of nitrogens with zero attached hydrogens (tertiary/aromatic N) is 2. The summed E-state index contributed by atoms with van der Waals surface area (Å²) in [5.41, 5.74) is 3.19. The van der Waals surface area contributed by atoms with Crippen LogP contribution in [0, 0.1) is 11.8 Å². The molecule has 3 heterocycles. The predicted molar refractivity (Wildman–Crippen MR) is 136 cm³/mol. The van der Waals surface area contributed by atoms with Gasteiger partial charge in [0.05, 0.1) is 23.6 Å². The van der Waals surface area contributed by atoms with E-state index in [1.54, 1.807) is 48.5 Å². The Kier molecular flexibility index (Phi) is 5.16. The molecule has 0 N–H and O–H groups in total. The Morgan fingerprint density at radius 3 is 2.14 bits per heavy atom. The number of amides is 2. The van der Waals surface area contributed by atoms with Gasteiger partial charge in [-0.15, -0.1) is 0 Å². The van der Waals surface area contributed by atoms with E-state index in [9.17, 15) is 19.2 Å². The quantitative estimate of drug-likeness (QED) is 0.378. The Hall–Kier alpha value is -4.03. The molecule has 2 fully saturated rings. The zero-order valence-corrected chi connectivity index (χ0v) is 20.1. The van der Waals surface area contributed by atoms with Crippen molar-refractivity contribution in [3.63, 3.8) is 0 Å². The molecule has 0 spiro atoms. The normalized spacial score (nSPS) is 23.9. The molecular weight excluding hydrogens is 476 g/mol. The molecule has 0 radical (unpaired) electrons. The third kappa shape index (κ3) is 3.25. The molecular formula is C29H21ClN2O4. The lowest BCUT2D eigenvalue weighted by Crippen LogP contribution is -2.44. The van der Waals surface area contributed by atoms with Crippen LogP contribution in [0.5, 0.6) is 0 Å². The van der Waals surface area contributed by atoms with Gasteiger partial charge in [0.25, 0.3) is 0 Å². The third-order valence-corrected chi connectivity index (χ3v) is 7.64. The third-order valence-electron chi connectivity index (χ3n) is 7.39. The van der Waals surface area contributed by atoms with Crippen LogP contribution in [0.3, 0.4) is 0 Å². The molecule has 2 saturated heterocycles. The van der Waals surface area contributed by atoms with Gasteiger partial charge >= 0.3 is 0 Å². The number of ketones is 2. The first-order valence-electron chi connectivity index (χ1n) is 11.7. The van der Waals surface area contributed by atoms with Crippen molar-refractivity contribution >= 4 is 46.7 Å². The molecule has 178 valence electrons. The molecule has 6 nitrogen and oxygen atoms in total. The van der Waals surface area contributed by atoms with E-state index in [4.69, 9.17) is 11.6 Å². The topological polar surface area (TPSA) is 74.8 Å². The van der Waals surface area contributed by atoms with Gasteiger partial charge in [-0.1, -0.05) is 35.9 Å². The van der Waals surface area contributed by atoms with Crippen molar-refractivity contribution in [1.82, 2.24) is 4.90 Å². The highest BCUT2D eigenvalue weighted by atomic mass is 35.5. The largest absolute Gasteiger partial charge is 0.358 e. The van der Waals surface area contributed by atoms with Gasteiger partial charge in [0, 0.05) is 22.3 Å². The number of halogens is 1. The maximum atomic E-state index is 13.9. The zero-order chi connectivity index (χ0) is 25.1. The summed E-state index contributed by atoms with van der Waals surface area (Å²) in [4.78, 5) is 56.4. The van der Waals surface area contributed by atoms with Crippen LogP contribution in [0.15, 0.2) is 79.0 Å². The second kappa shape index (κ2) is 8.28. The summed E-state index contributed by atoms with van der Waals surface area (Å²) in [6, 6.07) is 19.5. The van der Waals surface area contributed by atoms with Crippen molar-refractivity contribution in [1.29, 1.82) is 0 Å². The summed E-state index contributed by atoms with van der Waals surface area (Å²) in [5.74, 6) is -2.66. The van der Waals surface area contributed by atoms with Crippen LogP contribution >= 0.6 is 11.6 Å². The number of hydrogen-bond acceptors (Lipinski definition) is 5. The van der Waals surface area contributed by atoms with Crippen LogP contribution < -0.4 is 4.90 Å². The fraction of sp³-hybridized carbons (Fsp3) is 0.172. The zero-order valence-electron chi connectivity index (χ0n) is 19.3. The molecule has 3 aliphatic heterocycles. The molecule has 0 aliphatic carbocycles. The number of rotatable bonds is 4. The first-order valence-corrected chi connectivity index (χ1v) is 12.1. The van der Waals surface area contributed by atoms with Gasteiger partial charge in [-0.2, -0.15) is 0 Å². The number of fused-ring (bicyclic) bond motifs is 5. The minimum atomic E-state index is -0.853. The van der Waals surface area contributed by atoms with Crippen molar-refractivity contribution in [3.8, 4) is 0 Å². The molecule has 3 aliphatic rings. The Labute approximate surface area is 212 Å². The number of carbonyl (C=O) groups excluding carboxylic acids is 4. The monoisotopic (exact) mass is 496 g/mol. The average Bonchev–Trinajstić information content (AvgIpc) is 3.36. The fourth-order valence-electron chi connectivity index (χ4n) is 5.74. The van der Waals surface area contributed by atoms with Gasteiger partial charge in [-0.25, -0.2) is 4.90 Å². The van der Waals surface area contributed by atoms with E-state index in [0.29, 0.717) is 21.8 Å². The standard InChI is InChI=1S/C29H21ClN2O4/c1-16(33)17-8-12-21(13-9-17)32-28(35)23-24(29(32)36)26(27(34)19-6-10-20(30)11-7-19)31-15-14-18-4-2-3-5-22(18)25(23)31/h2-15,23-26H,1H3/t23-,24+,25?,26-/m0/s1. The first kappa shape index (κ1) is 22.4. The molecule has 2 amide bonds. The molecule has 6 rings (SSSR count).